The first-order valence-electron chi connectivity index (χ1n) is 10.9. The number of ether oxygens (including phenoxy) is 1. The third-order valence-corrected chi connectivity index (χ3v) is 6.39. The maximum absolute atomic E-state index is 10.3. The molecule has 4 atom stereocenters. The number of allylic oxidation sites excluding steroid dienone is 4. The predicted octanol–water partition coefficient (Wildman–Crippen LogP) is 3.85. The Morgan fingerprint density at radius 1 is 1.23 bits per heavy atom. The molecule has 1 heterocycles. The van der Waals surface area contributed by atoms with Crippen LogP contribution in [0.15, 0.2) is 63.6 Å². The Labute approximate surface area is 179 Å². The quantitative estimate of drug-likeness (QED) is 0.554. The number of hydroxylamine groups is 2. The largest absolute Gasteiger partial charge is 0.492 e. The fourth-order valence-corrected chi connectivity index (χ4v) is 4.81. The minimum absolute atomic E-state index is 0.0276. The third kappa shape index (κ3) is 4.82. The smallest absolute Gasteiger partial charge is 0.218 e. The minimum atomic E-state index is 0.0276. The SMILES string of the molecule is CC1=C(C2CC3N=C(NCCOc4ccccc4)N=CC3C(N(C)O)C2)C=CCC1. The van der Waals surface area contributed by atoms with E-state index in [2.05, 4.69) is 29.4 Å². The van der Waals surface area contributed by atoms with Crippen molar-refractivity contribution >= 4 is 12.2 Å². The second kappa shape index (κ2) is 9.58. The first-order valence-corrected chi connectivity index (χ1v) is 10.9. The number of fused-ring (bicyclic) bond motifs is 1. The lowest BCUT2D eigenvalue weighted by Crippen LogP contribution is -2.50. The molecule has 4 unspecified atom stereocenters. The van der Waals surface area contributed by atoms with Crippen LogP contribution in [0.1, 0.15) is 32.6 Å². The molecule has 0 aromatic heterocycles. The average molecular weight is 409 g/mol. The molecule has 1 fully saturated rings. The molecule has 0 bridgehead atoms. The molecule has 6 nitrogen and oxygen atoms in total. The van der Waals surface area contributed by atoms with Crippen LogP contribution >= 0.6 is 0 Å². The van der Waals surface area contributed by atoms with E-state index in [1.54, 1.807) is 7.05 Å². The van der Waals surface area contributed by atoms with Gasteiger partial charge in [0.25, 0.3) is 0 Å². The Bertz CT molecular complexity index is 844. The van der Waals surface area contributed by atoms with E-state index >= 15 is 0 Å². The van der Waals surface area contributed by atoms with Crippen molar-refractivity contribution in [2.24, 2.45) is 21.8 Å². The van der Waals surface area contributed by atoms with E-state index in [1.165, 1.54) is 16.2 Å². The van der Waals surface area contributed by atoms with Gasteiger partial charge in [-0.3, -0.25) is 0 Å². The number of nitrogens with zero attached hydrogens (tertiary/aromatic N) is 3. The third-order valence-electron chi connectivity index (χ3n) is 6.39. The van der Waals surface area contributed by atoms with Gasteiger partial charge in [-0.15, -0.1) is 0 Å². The standard InChI is InChI=1S/C24H32N4O2/c1-17-8-6-7-11-20(17)18-14-22-21(23(15-18)28(2)29)16-26-24(27-22)25-12-13-30-19-9-4-3-5-10-19/h3-5,7,9-11,16,18,21-23,29H,6,8,12-15H2,1-2H3,(H,25,27). The van der Waals surface area contributed by atoms with Gasteiger partial charge in [-0.2, -0.15) is 5.06 Å². The van der Waals surface area contributed by atoms with Crippen molar-refractivity contribution in [3.05, 3.63) is 53.6 Å². The Morgan fingerprint density at radius 3 is 2.83 bits per heavy atom. The highest BCUT2D eigenvalue weighted by molar-refractivity contribution is 5.90. The van der Waals surface area contributed by atoms with Gasteiger partial charge < -0.3 is 15.3 Å². The van der Waals surface area contributed by atoms with Gasteiger partial charge in [-0.25, -0.2) is 9.98 Å². The average Bonchev–Trinajstić information content (AvgIpc) is 2.76. The van der Waals surface area contributed by atoms with Gasteiger partial charge in [0.05, 0.1) is 12.6 Å². The molecule has 1 aliphatic heterocycles. The molecule has 6 heteroatoms. The lowest BCUT2D eigenvalue weighted by Gasteiger charge is -2.43. The maximum Gasteiger partial charge on any atom is 0.218 e. The lowest BCUT2D eigenvalue weighted by molar-refractivity contribution is -0.124. The molecule has 160 valence electrons. The monoisotopic (exact) mass is 408 g/mol. The molecule has 2 aliphatic carbocycles. The summed E-state index contributed by atoms with van der Waals surface area (Å²) in [4.78, 5) is 9.46. The number of nitrogens with one attached hydrogen (secondary N) is 1. The van der Waals surface area contributed by atoms with Crippen LogP contribution in [-0.2, 0) is 0 Å². The molecule has 1 aromatic carbocycles. The van der Waals surface area contributed by atoms with Crippen molar-refractivity contribution in [1.29, 1.82) is 0 Å². The fourth-order valence-electron chi connectivity index (χ4n) is 4.81. The predicted molar refractivity (Wildman–Crippen MR) is 120 cm³/mol. The highest BCUT2D eigenvalue weighted by Gasteiger charge is 2.41. The van der Waals surface area contributed by atoms with E-state index in [0.29, 0.717) is 25.0 Å². The van der Waals surface area contributed by atoms with E-state index in [4.69, 9.17) is 9.73 Å². The minimum Gasteiger partial charge on any atom is -0.492 e. The van der Waals surface area contributed by atoms with Crippen LogP contribution in [0.2, 0.25) is 0 Å². The van der Waals surface area contributed by atoms with Crippen LogP contribution in [0.4, 0.5) is 0 Å². The van der Waals surface area contributed by atoms with Gasteiger partial charge in [0.2, 0.25) is 5.96 Å². The Hall–Kier alpha value is -2.44. The summed E-state index contributed by atoms with van der Waals surface area (Å²) in [6.45, 7) is 3.43. The van der Waals surface area contributed by atoms with Crippen LogP contribution in [0.3, 0.4) is 0 Å². The fraction of sp³-hybridized carbons (Fsp3) is 0.500. The van der Waals surface area contributed by atoms with E-state index in [-0.39, 0.29) is 18.0 Å². The zero-order valence-corrected chi connectivity index (χ0v) is 17.9. The zero-order chi connectivity index (χ0) is 20.9. The number of rotatable bonds is 6. The van der Waals surface area contributed by atoms with Crippen LogP contribution < -0.4 is 10.1 Å². The van der Waals surface area contributed by atoms with Crippen molar-refractivity contribution in [1.82, 2.24) is 10.4 Å². The maximum atomic E-state index is 10.3. The molecule has 0 amide bonds. The summed E-state index contributed by atoms with van der Waals surface area (Å²) in [7, 11) is 1.74. The van der Waals surface area contributed by atoms with Crippen LogP contribution in [0.5, 0.6) is 5.75 Å². The highest BCUT2D eigenvalue weighted by atomic mass is 16.5. The number of aliphatic imine (C=N–C) groups is 2. The molecule has 0 spiro atoms. The van der Waals surface area contributed by atoms with E-state index < -0.39 is 0 Å². The van der Waals surface area contributed by atoms with Gasteiger partial charge >= 0.3 is 0 Å². The summed E-state index contributed by atoms with van der Waals surface area (Å²) in [6, 6.07) is 9.95. The summed E-state index contributed by atoms with van der Waals surface area (Å²) < 4.78 is 5.74. The second-order valence-electron chi connectivity index (χ2n) is 8.45. The van der Waals surface area contributed by atoms with E-state index in [1.807, 2.05) is 36.5 Å². The van der Waals surface area contributed by atoms with Crippen molar-refractivity contribution in [2.45, 2.75) is 44.7 Å². The summed E-state index contributed by atoms with van der Waals surface area (Å²) in [5.41, 5.74) is 2.92. The van der Waals surface area contributed by atoms with Gasteiger partial charge in [-0.05, 0) is 56.2 Å². The Morgan fingerprint density at radius 2 is 2.07 bits per heavy atom. The van der Waals surface area contributed by atoms with Crippen molar-refractivity contribution in [3.63, 3.8) is 0 Å². The number of hydrogen-bond donors (Lipinski definition) is 2. The summed E-state index contributed by atoms with van der Waals surface area (Å²) in [6.07, 6.45) is 10.7. The van der Waals surface area contributed by atoms with Gasteiger partial charge in [0.1, 0.15) is 12.4 Å². The zero-order valence-electron chi connectivity index (χ0n) is 17.9. The van der Waals surface area contributed by atoms with Crippen LogP contribution in [0, 0.1) is 11.8 Å². The Balaban J connectivity index is 1.40. The number of benzene rings is 1. The first-order chi connectivity index (χ1) is 14.6. The van der Waals surface area contributed by atoms with E-state index in [9.17, 15) is 5.21 Å². The molecule has 30 heavy (non-hydrogen) atoms. The molecular formula is C24H32N4O2. The van der Waals surface area contributed by atoms with Gasteiger partial charge in [-0.1, -0.05) is 35.9 Å². The van der Waals surface area contributed by atoms with Gasteiger partial charge in [0.15, 0.2) is 0 Å². The number of hydrogen-bond acceptors (Lipinski definition) is 6. The molecular weight excluding hydrogens is 376 g/mol. The molecule has 4 rings (SSSR count). The number of para-hydroxylation sites is 1. The van der Waals surface area contributed by atoms with E-state index in [0.717, 1.165) is 31.4 Å². The molecule has 0 radical (unpaired) electrons. The second-order valence-corrected chi connectivity index (χ2v) is 8.45. The van der Waals surface area contributed by atoms with Crippen molar-refractivity contribution in [2.75, 3.05) is 20.2 Å². The number of guanidine groups is 1. The molecule has 0 saturated heterocycles. The summed E-state index contributed by atoms with van der Waals surface area (Å²) in [5, 5.41) is 15.0. The first kappa shape index (κ1) is 20.8. The lowest BCUT2D eigenvalue weighted by atomic mass is 9.70. The van der Waals surface area contributed by atoms with Crippen LogP contribution in [-0.4, -0.2) is 54.7 Å². The summed E-state index contributed by atoms with van der Waals surface area (Å²) >= 11 is 0. The van der Waals surface area contributed by atoms with Gasteiger partial charge in [0, 0.05) is 25.2 Å². The highest BCUT2D eigenvalue weighted by Crippen LogP contribution is 2.40. The Kier molecular flexibility index (Phi) is 6.65. The summed E-state index contributed by atoms with van der Waals surface area (Å²) in [5.74, 6) is 2.08. The van der Waals surface area contributed by atoms with Crippen molar-refractivity contribution in [3.8, 4) is 5.75 Å². The molecule has 1 aromatic rings. The molecule has 1 saturated carbocycles. The topological polar surface area (TPSA) is 69.5 Å². The van der Waals surface area contributed by atoms with Crippen LogP contribution in [0.25, 0.3) is 0 Å². The molecule has 3 aliphatic rings. The molecule has 2 N–H and O–H groups in total. The normalized spacial score (nSPS) is 28.3. The van der Waals surface area contributed by atoms with Crippen molar-refractivity contribution < 1.29 is 9.94 Å².